The second kappa shape index (κ2) is 9.45. The van der Waals surface area contributed by atoms with Crippen molar-refractivity contribution in [3.63, 3.8) is 0 Å². The number of fused-ring (bicyclic) bond motifs is 2. The van der Waals surface area contributed by atoms with E-state index in [9.17, 15) is 0 Å². The van der Waals surface area contributed by atoms with Crippen LogP contribution in [0.1, 0.15) is 18.1 Å². The molecule has 1 N–H and O–H groups in total. The topological polar surface area (TPSA) is 72.3 Å². The van der Waals surface area contributed by atoms with E-state index in [-0.39, 0.29) is 0 Å². The number of halogens is 1. The molecule has 0 aliphatic heterocycles. The number of nitrogens with zero attached hydrogens (tertiary/aromatic N) is 4. The van der Waals surface area contributed by atoms with Crippen molar-refractivity contribution in [2.45, 2.75) is 13.8 Å². The summed E-state index contributed by atoms with van der Waals surface area (Å²) in [6.07, 6.45) is 1.62. The van der Waals surface area contributed by atoms with Crippen LogP contribution in [0.15, 0.2) is 77.9 Å². The molecule has 0 aliphatic rings. The molecule has 0 saturated heterocycles. The van der Waals surface area contributed by atoms with Crippen molar-refractivity contribution in [2.75, 3.05) is 12.0 Å². The van der Waals surface area contributed by atoms with Crippen LogP contribution in [0.4, 0.5) is 5.95 Å². The molecule has 7 heteroatoms. The number of hydrazone groups is 1. The summed E-state index contributed by atoms with van der Waals surface area (Å²) >= 11 is 6.41. The number of aryl methyl sites for hydroxylation is 1. The van der Waals surface area contributed by atoms with Crippen molar-refractivity contribution in [2.24, 2.45) is 5.10 Å². The first-order valence-electron chi connectivity index (χ1n) is 11.0. The van der Waals surface area contributed by atoms with Gasteiger partial charge in [-0.25, -0.2) is 20.4 Å². The van der Waals surface area contributed by atoms with Crippen LogP contribution in [-0.2, 0) is 0 Å². The van der Waals surface area contributed by atoms with E-state index in [2.05, 4.69) is 33.5 Å². The first kappa shape index (κ1) is 21.8. The van der Waals surface area contributed by atoms with Gasteiger partial charge >= 0.3 is 0 Å². The first-order valence-corrected chi connectivity index (χ1v) is 11.3. The van der Waals surface area contributed by atoms with Crippen molar-refractivity contribution in [3.8, 4) is 17.0 Å². The monoisotopic (exact) mass is 467 g/mol. The summed E-state index contributed by atoms with van der Waals surface area (Å²) in [6, 6.07) is 23.9. The molecule has 0 radical (unpaired) electrons. The molecule has 0 bridgehead atoms. The number of nitrogens with one attached hydrogen (secondary N) is 1. The highest BCUT2D eigenvalue weighted by atomic mass is 35.5. The Bertz CT molecular complexity index is 1520. The second-order valence-corrected chi connectivity index (χ2v) is 8.17. The maximum Gasteiger partial charge on any atom is 0.244 e. The molecule has 3 aromatic carbocycles. The molecule has 34 heavy (non-hydrogen) atoms. The Morgan fingerprint density at radius 2 is 1.79 bits per heavy atom. The summed E-state index contributed by atoms with van der Waals surface area (Å²) in [5.74, 6) is 1.16. The summed E-state index contributed by atoms with van der Waals surface area (Å²) in [4.78, 5) is 13.9. The molecule has 0 aliphatic carbocycles. The van der Waals surface area contributed by atoms with E-state index in [1.165, 1.54) is 0 Å². The van der Waals surface area contributed by atoms with Crippen LogP contribution in [0.3, 0.4) is 0 Å². The Hall–Kier alpha value is -4.03. The van der Waals surface area contributed by atoms with Gasteiger partial charge in [0.2, 0.25) is 5.95 Å². The van der Waals surface area contributed by atoms with Crippen molar-refractivity contribution >= 4 is 45.6 Å². The molecular formula is C27H22ClN5O. The van der Waals surface area contributed by atoms with E-state index in [0.717, 1.165) is 44.4 Å². The van der Waals surface area contributed by atoms with Gasteiger partial charge in [-0.3, -0.25) is 0 Å². The highest BCUT2D eigenvalue weighted by Gasteiger charge is 2.10. The van der Waals surface area contributed by atoms with E-state index in [1.807, 2.05) is 73.7 Å². The minimum absolute atomic E-state index is 0.353. The molecule has 168 valence electrons. The summed E-state index contributed by atoms with van der Waals surface area (Å²) < 4.78 is 5.54. The lowest BCUT2D eigenvalue weighted by Gasteiger charge is -2.09. The van der Waals surface area contributed by atoms with Crippen molar-refractivity contribution < 1.29 is 4.74 Å². The summed E-state index contributed by atoms with van der Waals surface area (Å²) in [5, 5.41) is 6.63. The highest BCUT2D eigenvalue weighted by Crippen LogP contribution is 2.28. The molecule has 0 atom stereocenters. The Balaban J connectivity index is 1.46. The summed E-state index contributed by atoms with van der Waals surface area (Å²) in [6.45, 7) is 4.60. The Labute approximate surface area is 202 Å². The maximum absolute atomic E-state index is 6.41. The fourth-order valence-electron chi connectivity index (χ4n) is 3.75. The number of hydrogen-bond donors (Lipinski definition) is 1. The Morgan fingerprint density at radius 3 is 2.62 bits per heavy atom. The normalized spacial score (nSPS) is 11.4. The van der Waals surface area contributed by atoms with Gasteiger partial charge in [0.1, 0.15) is 10.9 Å². The molecule has 2 aromatic heterocycles. The first-order chi connectivity index (χ1) is 16.6. The van der Waals surface area contributed by atoms with Crippen LogP contribution in [-0.4, -0.2) is 27.8 Å². The molecule has 5 aromatic rings. The molecule has 0 amide bonds. The second-order valence-electron chi connectivity index (χ2n) is 7.81. The number of anilines is 1. The Morgan fingerprint density at radius 1 is 0.941 bits per heavy atom. The van der Waals surface area contributed by atoms with E-state index >= 15 is 0 Å². The number of pyridine rings is 1. The van der Waals surface area contributed by atoms with Crippen molar-refractivity contribution in [1.29, 1.82) is 0 Å². The number of hydrogen-bond acceptors (Lipinski definition) is 6. The van der Waals surface area contributed by atoms with Crippen LogP contribution in [0.2, 0.25) is 5.15 Å². The van der Waals surface area contributed by atoms with Crippen LogP contribution in [0, 0.1) is 6.92 Å². The molecule has 2 heterocycles. The minimum Gasteiger partial charge on any atom is -0.494 e. The standard InChI is InChI=1S/C27H22ClN5O/c1-3-34-21-11-10-19-14-20(26(28)30-24(19)15-21)16-29-33-27-31-23-12-9-17(2)13-22(23)25(32-27)18-7-5-4-6-8-18/h4-16H,3H2,1-2H3,(H,31,32,33)/b29-16+. The zero-order valence-electron chi connectivity index (χ0n) is 18.8. The van der Waals surface area contributed by atoms with Crippen molar-refractivity contribution in [3.05, 3.63) is 89.1 Å². The lowest BCUT2D eigenvalue weighted by Crippen LogP contribution is -2.00. The van der Waals surface area contributed by atoms with Gasteiger partial charge < -0.3 is 4.74 Å². The lowest BCUT2D eigenvalue weighted by molar-refractivity contribution is 0.340. The predicted molar refractivity (Wildman–Crippen MR) is 139 cm³/mol. The molecular weight excluding hydrogens is 446 g/mol. The van der Waals surface area contributed by atoms with Gasteiger partial charge in [0.25, 0.3) is 0 Å². The predicted octanol–water partition coefficient (Wildman–Crippen LogP) is 6.65. The number of ether oxygens (including phenoxy) is 1. The van der Waals surface area contributed by atoms with Gasteiger partial charge in [0, 0.05) is 28.0 Å². The van der Waals surface area contributed by atoms with E-state index in [4.69, 9.17) is 21.3 Å². The average molecular weight is 468 g/mol. The molecule has 0 unspecified atom stereocenters. The fourth-order valence-corrected chi connectivity index (χ4v) is 3.95. The van der Waals surface area contributed by atoms with Crippen LogP contribution >= 0.6 is 11.6 Å². The minimum atomic E-state index is 0.353. The zero-order valence-corrected chi connectivity index (χ0v) is 19.5. The Kier molecular flexibility index (Phi) is 6.06. The molecule has 6 nitrogen and oxygen atoms in total. The average Bonchev–Trinajstić information content (AvgIpc) is 2.85. The van der Waals surface area contributed by atoms with Gasteiger partial charge in [-0.1, -0.05) is 53.6 Å². The third kappa shape index (κ3) is 4.54. The van der Waals surface area contributed by atoms with E-state index in [0.29, 0.717) is 23.3 Å². The van der Waals surface area contributed by atoms with Gasteiger partial charge in [-0.2, -0.15) is 5.10 Å². The van der Waals surface area contributed by atoms with Crippen LogP contribution in [0.5, 0.6) is 5.75 Å². The quantitative estimate of drug-likeness (QED) is 0.172. The summed E-state index contributed by atoms with van der Waals surface area (Å²) in [7, 11) is 0. The highest BCUT2D eigenvalue weighted by molar-refractivity contribution is 6.32. The van der Waals surface area contributed by atoms with Gasteiger partial charge in [-0.15, -0.1) is 0 Å². The number of rotatable bonds is 6. The van der Waals surface area contributed by atoms with E-state index < -0.39 is 0 Å². The largest absolute Gasteiger partial charge is 0.494 e. The van der Waals surface area contributed by atoms with E-state index in [1.54, 1.807) is 6.21 Å². The zero-order chi connectivity index (χ0) is 23.5. The number of aromatic nitrogens is 3. The number of benzene rings is 3. The lowest BCUT2D eigenvalue weighted by atomic mass is 10.0. The van der Waals surface area contributed by atoms with Gasteiger partial charge in [-0.05, 0) is 44.2 Å². The van der Waals surface area contributed by atoms with Gasteiger partial charge in [0.15, 0.2) is 0 Å². The molecule has 5 rings (SSSR count). The summed E-state index contributed by atoms with van der Waals surface area (Å²) in [5.41, 5.74) is 8.26. The molecule has 0 saturated carbocycles. The maximum atomic E-state index is 6.41. The third-order valence-corrected chi connectivity index (χ3v) is 5.65. The fraction of sp³-hybridized carbons (Fsp3) is 0.111. The third-order valence-electron chi connectivity index (χ3n) is 5.35. The van der Waals surface area contributed by atoms with Gasteiger partial charge in [0.05, 0.1) is 29.5 Å². The van der Waals surface area contributed by atoms with Crippen LogP contribution in [0.25, 0.3) is 33.1 Å². The smallest absolute Gasteiger partial charge is 0.244 e. The SMILES string of the molecule is CCOc1ccc2cc(/C=N/Nc3nc(-c4ccccc4)c4cc(C)ccc4n3)c(Cl)nc2c1. The van der Waals surface area contributed by atoms with Crippen molar-refractivity contribution in [1.82, 2.24) is 15.0 Å². The molecule has 0 fully saturated rings. The molecule has 0 spiro atoms. The van der Waals surface area contributed by atoms with Crippen LogP contribution < -0.4 is 10.2 Å².